The molecule has 0 aliphatic rings. The van der Waals surface area contributed by atoms with E-state index in [2.05, 4.69) is 5.32 Å². The average molecular weight is 271 g/mol. The predicted molar refractivity (Wildman–Crippen MR) is 64.7 cm³/mol. The first kappa shape index (κ1) is 15.1. The van der Waals surface area contributed by atoms with Crippen molar-refractivity contribution in [2.75, 3.05) is 6.54 Å². The third-order valence-electron chi connectivity index (χ3n) is 3.06. The molecule has 0 spiro atoms. The van der Waals surface area contributed by atoms with Crippen molar-refractivity contribution in [1.82, 2.24) is 5.32 Å². The molecule has 1 unspecified atom stereocenters. The molecule has 0 heterocycles. The van der Waals surface area contributed by atoms with Crippen LogP contribution in [0.15, 0.2) is 18.2 Å². The van der Waals surface area contributed by atoms with E-state index in [1.54, 1.807) is 6.92 Å². The van der Waals surface area contributed by atoms with Crippen molar-refractivity contribution in [3.63, 3.8) is 0 Å². The van der Waals surface area contributed by atoms with E-state index in [-0.39, 0.29) is 12.1 Å². The van der Waals surface area contributed by atoms with Gasteiger partial charge in [0.1, 0.15) is 11.6 Å². The third kappa shape index (κ3) is 3.74. The molecule has 0 saturated carbocycles. The van der Waals surface area contributed by atoms with Gasteiger partial charge in [-0.05, 0) is 25.5 Å². The molecule has 1 aromatic rings. The number of carboxylic acid groups (broad SMARTS) is 1. The predicted octanol–water partition coefficient (Wildman–Crippen LogP) is 2.20. The summed E-state index contributed by atoms with van der Waals surface area (Å²) in [6, 6.07) is 2.44. The van der Waals surface area contributed by atoms with Crippen LogP contribution in [0.4, 0.5) is 8.78 Å². The fourth-order valence-electron chi connectivity index (χ4n) is 1.41. The summed E-state index contributed by atoms with van der Waals surface area (Å²) in [6.07, 6.45) is 0.320. The Hall–Kier alpha value is -1.98. The zero-order chi connectivity index (χ0) is 14.6. The maximum Gasteiger partial charge on any atom is 0.311 e. The summed E-state index contributed by atoms with van der Waals surface area (Å²) in [5, 5.41) is 11.4. The van der Waals surface area contributed by atoms with Crippen LogP contribution >= 0.6 is 0 Å². The molecular weight excluding hydrogens is 256 g/mol. The number of carbonyl (C=O) groups is 2. The van der Waals surface area contributed by atoms with Crippen LogP contribution in [0.5, 0.6) is 0 Å². The lowest BCUT2D eigenvalue weighted by Gasteiger charge is -2.23. The number of carboxylic acids is 1. The number of hydrogen-bond donors (Lipinski definition) is 2. The molecular formula is C13H15F2NO3. The van der Waals surface area contributed by atoms with E-state index in [1.807, 2.05) is 0 Å². The summed E-state index contributed by atoms with van der Waals surface area (Å²) in [6.45, 7) is 3.06. The summed E-state index contributed by atoms with van der Waals surface area (Å²) in [7, 11) is 0. The van der Waals surface area contributed by atoms with Crippen molar-refractivity contribution in [2.24, 2.45) is 5.41 Å². The van der Waals surface area contributed by atoms with Gasteiger partial charge in [0.15, 0.2) is 0 Å². The van der Waals surface area contributed by atoms with Gasteiger partial charge in [-0.3, -0.25) is 9.59 Å². The number of rotatable bonds is 5. The zero-order valence-electron chi connectivity index (χ0n) is 10.7. The molecule has 0 radical (unpaired) electrons. The number of nitrogens with one attached hydrogen (secondary N) is 1. The maximum atomic E-state index is 12.9. The molecule has 6 heteroatoms. The molecule has 104 valence electrons. The lowest BCUT2D eigenvalue weighted by atomic mass is 9.87. The molecule has 0 bridgehead atoms. The van der Waals surface area contributed by atoms with Gasteiger partial charge in [0, 0.05) is 18.2 Å². The van der Waals surface area contributed by atoms with Crippen LogP contribution in [0, 0.1) is 17.0 Å². The average Bonchev–Trinajstić information content (AvgIpc) is 2.34. The first-order chi connectivity index (χ1) is 8.78. The molecule has 0 aliphatic heterocycles. The monoisotopic (exact) mass is 271 g/mol. The number of amides is 1. The molecule has 2 N–H and O–H groups in total. The van der Waals surface area contributed by atoms with E-state index in [1.165, 1.54) is 6.92 Å². The van der Waals surface area contributed by atoms with Crippen molar-refractivity contribution in [1.29, 1.82) is 0 Å². The Bertz CT molecular complexity index is 484. The Morgan fingerprint density at radius 1 is 1.26 bits per heavy atom. The highest BCUT2D eigenvalue weighted by Crippen LogP contribution is 2.20. The van der Waals surface area contributed by atoms with Gasteiger partial charge in [-0.2, -0.15) is 0 Å². The normalized spacial score (nSPS) is 13.7. The Labute approximate surface area is 109 Å². The second kappa shape index (κ2) is 5.77. The summed E-state index contributed by atoms with van der Waals surface area (Å²) >= 11 is 0. The Balaban J connectivity index is 2.78. The highest BCUT2D eigenvalue weighted by atomic mass is 19.1. The number of hydrogen-bond acceptors (Lipinski definition) is 2. The standard InChI is InChI=1S/C13H15F2NO3/c1-3-13(2,12(18)19)7-16-11(17)8-4-9(14)6-10(15)5-8/h4-6H,3,7H2,1-2H3,(H,16,17)(H,18,19). The van der Waals surface area contributed by atoms with Gasteiger partial charge in [-0.15, -0.1) is 0 Å². The van der Waals surface area contributed by atoms with Crippen LogP contribution in [-0.2, 0) is 4.79 Å². The smallest absolute Gasteiger partial charge is 0.311 e. The number of halogens is 2. The van der Waals surface area contributed by atoms with Gasteiger partial charge in [0.2, 0.25) is 0 Å². The van der Waals surface area contributed by atoms with Crippen LogP contribution in [0.3, 0.4) is 0 Å². The van der Waals surface area contributed by atoms with Gasteiger partial charge >= 0.3 is 5.97 Å². The molecule has 1 aromatic carbocycles. The largest absolute Gasteiger partial charge is 0.481 e. The summed E-state index contributed by atoms with van der Waals surface area (Å²) in [5.41, 5.74) is -1.29. The van der Waals surface area contributed by atoms with E-state index in [4.69, 9.17) is 5.11 Å². The number of carbonyl (C=O) groups excluding carboxylic acids is 1. The fraction of sp³-hybridized carbons (Fsp3) is 0.385. The summed E-state index contributed by atoms with van der Waals surface area (Å²) < 4.78 is 25.9. The van der Waals surface area contributed by atoms with Crippen LogP contribution in [0.25, 0.3) is 0 Å². The van der Waals surface area contributed by atoms with Gasteiger partial charge in [0.05, 0.1) is 5.41 Å². The van der Waals surface area contributed by atoms with Gasteiger partial charge in [-0.1, -0.05) is 6.92 Å². The second-order valence-electron chi connectivity index (χ2n) is 4.56. The minimum absolute atomic E-state index is 0.115. The van der Waals surface area contributed by atoms with E-state index in [0.29, 0.717) is 12.5 Å². The van der Waals surface area contributed by atoms with E-state index >= 15 is 0 Å². The lowest BCUT2D eigenvalue weighted by Crippen LogP contribution is -2.40. The van der Waals surface area contributed by atoms with Crippen LogP contribution < -0.4 is 5.32 Å². The fourth-order valence-corrected chi connectivity index (χ4v) is 1.41. The molecule has 1 amide bonds. The van der Waals surface area contributed by atoms with Crippen LogP contribution in [0.2, 0.25) is 0 Å². The highest BCUT2D eigenvalue weighted by Gasteiger charge is 2.31. The minimum atomic E-state index is -1.11. The second-order valence-corrected chi connectivity index (χ2v) is 4.56. The van der Waals surface area contributed by atoms with Crippen molar-refractivity contribution < 1.29 is 23.5 Å². The van der Waals surface area contributed by atoms with E-state index < -0.39 is 28.9 Å². The van der Waals surface area contributed by atoms with Crippen LogP contribution in [0.1, 0.15) is 30.6 Å². The molecule has 1 atom stereocenters. The first-order valence-electron chi connectivity index (χ1n) is 5.76. The topological polar surface area (TPSA) is 66.4 Å². The Morgan fingerprint density at radius 3 is 2.21 bits per heavy atom. The Morgan fingerprint density at radius 2 is 1.79 bits per heavy atom. The van der Waals surface area contributed by atoms with E-state index in [0.717, 1.165) is 12.1 Å². The molecule has 19 heavy (non-hydrogen) atoms. The number of benzene rings is 1. The van der Waals surface area contributed by atoms with Crippen molar-refractivity contribution in [3.05, 3.63) is 35.4 Å². The van der Waals surface area contributed by atoms with Crippen LogP contribution in [-0.4, -0.2) is 23.5 Å². The number of aliphatic carboxylic acids is 1. The van der Waals surface area contributed by atoms with Gasteiger partial charge < -0.3 is 10.4 Å². The molecule has 0 aromatic heterocycles. The molecule has 4 nitrogen and oxygen atoms in total. The molecule has 0 fully saturated rings. The highest BCUT2D eigenvalue weighted by molar-refractivity contribution is 5.94. The maximum absolute atomic E-state index is 12.9. The first-order valence-corrected chi connectivity index (χ1v) is 5.76. The SMILES string of the molecule is CCC(C)(CNC(=O)c1cc(F)cc(F)c1)C(=O)O. The van der Waals surface area contributed by atoms with Gasteiger partial charge in [0.25, 0.3) is 5.91 Å². The van der Waals surface area contributed by atoms with Crippen molar-refractivity contribution in [3.8, 4) is 0 Å². The molecule has 0 saturated heterocycles. The molecule has 0 aliphatic carbocycles. The molecule has 1 rings (SSSR count). The van der Waals surface area contributed by atoms with E-state index in [9.17, 15) is 18.4 Å². The van der Waals surface area contributed by atoms with Gasteiger partial charge in [-0.25, -0.2) is 8.78 Å². The van der Waals surface area contributed by atoms with Crippen molar-refractivity contribution >= 4 is 11.9 Å². The lowest BCUT2D eigenvalue weighted by molar-refractivity contribution is -0.147. The van der Waals surface area contributed by atoms with Crippen molar-refractivity contribution in [2.45, 2.75) is 20.3 Å². The Kier molecular flexibility index (Phi) is 4.58. The third-order valence-corrected chi connectivity index (χ3v) is 3.06. The minimum Gasteiger partial charge on any atom is -0.481 e. The zero-order valence-corrected chi connectivity index (χ0v) is 10.7. The quantitative estimate of drug-likeness (QED) is 0.862. The summed E-state index contributed by atoms with van der Waals surface area (Å²) in [4.78, 5) is 22.7. The summed E-state index contributed by atoms with van der Waals surface area (Å²) in [5.74, 6) is -3.47.